The third-order valence-electron chi connectivity index (χ3n) is 3.78. The number of nitrogens with one attached hydrogen (secondary N) is 1. The molecule has 0 aromatic carbocycles. The monoisotopic (exact) mass is 243 g/mol. The highest BCUT2D eigenvalue weighted by Gasteiger charge is 2.20. The van der Waals surface area contributed by atoms with Gasteiger partial charge in [0.25, 0.3) is 0 Å². The molecule has 0 unspecified atom stereocenters. The molecule has 2 rings (SSSR count). The van der Waals surface area contributed by atoms with E-state index in [1.54, 1.807) is 12.3 Å². The highest BCUT2D eigenvalue weighted by Crippen LogP contribution is 2.29. The lowest BCUT2D eigenvalue weighted by Crippen LogP contribution is -2.26. The minimum atomic E-state index is 0.527. The first-order valence-corrected chi connectivity index (χ1v) is 6.94. The first-order valence-electron chi connectivity index (χ1n) is 6.94. The van der Waals surface area contributed by atoms with Crippen LogP contribution in [0.2, 0.25) is 0 Å². The third kappa shape index (κ3) is 3.46. The summed E-state index contributed by atoms with van der Waals surface area (Å²) >= 11 is 0. The molecule has 1 fully saturated rings. The molecule has 0 aliphatic heterocycles. The molecule has 3 heteroatoms. The summed E-state index contributed by atoms with van der Waals surface area (Å²) in [5.41, 5.74) is 0.673. The van der Waals surface area contributed by atoms with E-state index in [2.05, 4.69) is 23.3 Å². The normalized spacial score (nSPS) is 23.3. The molecule has 1 aliphatic rings. The molecule has 0 radical (unpaired) electrons. The van der Waals surface area contributed by atoms with Gasteiger partial charge in [-0.05, 0) is 43.7 Å². The van der Waals surface area contributed by atoms with Crippen molar-refractivity contribution in [3.05, 3.63) is 23.9 Å². The largest absolute Gasteiger partial charge is 0.367 e. The van der Waals surface area contributed by atoms with E-state index in [0.717, 1.165) is 11.7 Å². The highest BCUT2D eigenvalue weighted by molar-refractivity contribution is 5.43. The number of hydrogen-bond donors (Lipinski definition) is 1. The second-order valence-corrected chi connectivity index (χ2v) is 5.19. The first-order chi connectivity index (χ1) is 8.81. The molecule has 18 heavy (non-hydrogen) atoms. The van der Waals surface area contributed by atoms with Crippen molar-refractivity contribution in [3.8, 4) is 6.07 Å². The topological polar surface area (TPSA) is 48.7 Å². The first kappa shape index (κ1) is 12.9. The summed E-state index contributed by atoms with van der Waals surface area (Å²) in [4.78, 5) is 4.27. The summed E-state index contributed by atoms with van der Waals surface area (Å²) in [7, 11) is 0. The lowest BCUT2D eigenvalue weighted by atomic mass is 9.83. The second kappa shape index (κ2) is 6.39. The third-order valence-corrected chi connectivity index (χ3v) is 3.78. The second-order valence-electron chi connectivity index (χ2n) is 5.19. The molecule has 0 saturated heterocycles. The van der Waals surface area contributed by atoms with Gasteiger partial charge in [-0.1, -0.05) is 19.8 Å². The molecule has 1 aromatic heterocycles. The summed E-state index contributed by atoms with van der Waals surface area (Å²) < 4.78 is 0. The van der Waals surface area contributed by atoms with Crippen molar-refractivity contribution in [2.75, 3.05) is 5.32 Å². The quantitative estimate of drug-likeness (QED) is 0.876. The van der Waals surface area contributed by atoms with Crippen molar-refractivity contribution in [3.63, 3.8) is 0 Å². The molecule has 0 bridgehead atoms. The van der Waals surface area contributed by atoms with Crippen LogP contribution in [0.3, 0.4) is 0 Å². The number of pyridine rings is 1. The minimum Gasteiger partial charge on any atom is -0.367 e. The molecule has 1 heterocycles. The average Bonchev–Trinajstić information content (AvgIpc) is 2.42. The van der Waals surface area contributed by atoms with Gasteiger partial charge in [0.15, 0.2) is 0 Å². The Morgan fingerprint density at radius 2 is 2.17 bits per heavy atom. The zero-order chi connectivity index (χ0) is 12.8. The molecule has 96 valence electrons. The van der Waals surface area contributed by atoms with E-state index < -0.39 is 0 Å². The molecule has 1 aliphatic carbocycles. The van der Waals surface area contributed by atoms with Gasteiger partial charge in [-0.3, -0.25) is 0 Å². The number of nitrogens with zero attached hydrogens (tertiary/aromatic N) is 2. The molecule has 1 aromatic rings. The Labute approximate surface area is 109 Å². The van der Waals surface area contributed by atoms with Gasteiger partial charge in [0.1, 0.15) is 5.82 Å². The molecule has 3 nitrogen and oxygen atoms in total. The Bertz CT molecular complexity index is 414. The van der Waals surface area contributed by atoms with Gasteiger partial charge in [-0.15, -0.1) is 0 Å². The Morgan fingerprint density at radius 3 is 2.83 bits per heavy atom. The van der Waals surface area contributed by atoms with E-state index in [0.29, 0.717) is 11.6 Å². The Morgan fingerprint density at radius 1 is 1.39 bits per heavy atom. The maximum atomic E-state index is 8.86. The molecule has 0 spiro atoms. The SMILES string of the molecule is CCCC1CCC(Nc2cc(C#N)ccn2)CC1. The van der Waals surface area contributed by atoms with E-state index in [-0.39, 0.29) is 0 Å². The number of nitriles is 1. The van der Waals surface area contributed by atoms with Crippen molar-refractivity contribution in [1.29, 1.82) is 5.26 Å². The fourth-order valence-electron chi connectivity index (χ4n) is 2.79. The number of hydrogen-bond acceptors (Lipinski definition) is 3. The van der Waals surface area contributed by atoms with E-state index in [4.69, 9.17) is 5.26 Å². The van der Waals surface area contributed by atoms with Gasteiger partial charge in [-0.25, -0.2) is 4.98 Å². The van der Waals surface area contributed by atoms with Crippen LogP contribution in [0.1, 0.15) is 51.0 Å². The van der Waals surface area contributed by atoms with Gasteiger partial charge < -0.3 is 5.32 Å². The van der Waals surface area contributed by atoms with E-state index in [9.17, 15) is 0 Å². The fraction of sp³-hybridized carbons (Fsp3) is 0.600. The van der Waals surface area contributed by atoms with Gasteiger partial charge in [0.2, 0.25) is 0 Å². The molecule has 0 atom stereocenters. The maximum absolute atomic E-state index is 8.86. The van der Waals surface area contributed by atoms with Crippen LogP contribution in [0.15, 0.2) is 18.3 Å². The smallest absolute Gasteiger partial charge is 0.127 e. The summed E-state index contributed by atoms with van der Waals surface area (Å²) in [6, 6.07) is 6.25. The van der Waals surface area contributed by atoms with E-state index in [1.807, 2.05) is 6.07 Å². The van der Waals surface area contributed by atoms with E-state index in [1.165, 1.54) is 38.5 Å². The lowest BCUT2D eigenvalue weighted by Gasteiger charge is -2.29. The fourth-order valence-corrected chi connectivity index (χ4v) is 2.79. The molecular weight excluding hydrogens is 222 g/mol. The van der Waals surface area contributed by atoms with Crippen molar-refractivity contribution in [1.82, 2.24) is 4.98 Å². The summed E-state index contributed by atoms with van der Waals surface area (Å²) in [5, 5.41) is 12.3. The van der Waals surface area contributed by atoms with Crippen molar-refractivity contribution >= 4 is 5.82 Å². The van der Waals surface area contributed by atoms with Crippen LogP contribution in [0.4, 0.5) is 5.82 Å². The van der Waals surface area contributed by atoms with Crippen LogP contribution in [0.5, 0.6) is 0 Å². The molecule has 0 amide bonds. The molecular formula is C15H21N3. The van der Waals surface area contributed by atoms with Gasteiger partial charge in [-0.2, -0.15) is 5.26 Å². The molecule has 1 N–H and O–H groups in total. The van der Waals surface area contributed by atoms with Gasteiger partial charge in [0.05, 0.1) is 11.6 Å². The van der Waals surface area contributed by atoms with Crippen molar-refractivity contribution in [2.45, 2.75) is 51.5 Å². The van der Waals surface area contributed by atoms with Crippen LogP contribution in [0, 0.1) is 17.2 Å². The molecule has 1 saturated carbocycles. The predicted molar refractivity (Wildman–Crippen MR) is 73.2 cm³/mol. The summed E-state index contributed by atoms with van der Waals surface area (Å²) in [6.45, 7) is 2.27. The van der Waals surface area contributed by atoms with Crippen molar-refractivity contribution < 1.29 is 0 Å². The maximum Gasteiger partial charge on any atom is 0.127 e. The Kier molecular flexibility index (Phi) is 4.58. The number of anilines is 1. The van der Waals surface area contributed by atoms with Crippen molar-refractivity contribution in [2.24, 2.45) is 5.92 Å². The minimum absolute atomic E-state index is 0.527. The van der Waals surface area contributed by atoms with Crippen LogP contribution < -0.4 is 5.32 Å². The van der Waals surface area contributed by atoms with Gasteiger partial charge >= 0.3 is 0 Å². The zero-order valence-electron chi connectivity index (χ0n) is 11.0. The number of rotatable bonds is 4. The highest BCUT2D eigenvalue weighted by atomic mass is 15.0. The van der Waals surface area contributed by atoms with Crippen LogP contribution >= 0.6 is 0 Å². The lowest BCUT2D eigenvalue weighted by molar-refractivity contribution is 0.318. The predicted octanol–water partition coefficient (Wildman–Crippen LogP) is 3.72. The van der Waals surface area contributed by atoms with Crippen LogP contribution in [0.25, 0.3) is 0 Å². The van der Waals surface area contributed by atoms with E-state index >= 15 is 0 Å². The van der Waals surface area contributed by atoms with Crippen LogP contribution in [-0.4, -0.2) is 11.0 Å². The number of aromatic nitrogens is 1. The summed E-state index contributed by atoms with van der Waals surface area (Å²) in [5.74, 6) is 1.76. The summed E-state index contributed by atoms with van der Waals surface area (Å²) in [6.07, 6.45) is 9.46. The Balaban J connectivity index is 1.86. The standard InChI is InChI=1S/C15H21N3/c1-2-3-12-4-6-14(7-5-12)18-15-10-13(11-16)8-9-17-15/h8-10,12,14H,2-7H2,1H3,(H,17,18). The average molecular weight is 243 g/mol. The van der Waals surface area contributed by atoms with Crippen LogP contribution in [-0.2, 0) is 0 Å². The Hall–Kier alpha value is -1.56. The zero-order valence-corrected chi connectivity index (χ0v) is 11.0. The van der Waals surface area contributed by atoms with Gasteiger partial charge in [0, 0.05) is 12.2 Å².